The number of carbonyl (C=O) groups is 1. The summed E-state index contributed by atoms with van der Waals surface area (Å²) < 4.78 is 5.78. The molecule has 1 atom stereocenters. The van der Waals surface area contributed by atoms with Crippen LogP contribution in [0.5, 0.6) is 10.8 Å². The number of nitrogens with one attached hydrogen (secondary N) is 1. The summed E-state index contributed by atoms with van der Waals surface area (Å²) in [7, 11) is 0. The van der Waals surface area contributed by atoms with E-state index in [1.165, 1.54) is 37.3 Å². The van der Waals surface area contributed by atoms with Gasteiger partial charge in [-0.3, -0.25) is 4.79 Å². The van der Waals surface area contributed by atoms with Crippen molar-refractivity contribution in [1.29, 1.82) is 0 Å². The Morgan fingerprint density at radius 3 is 2.61 bits per heavy atom. The van der Waals surface area contributed by atoms with Gasteiger partial charge in [0.2, 0.25) is 0 Å². The Morgan fingerprint density at radius 1 is 1.13 bits per heavy atom. The molecule has 2 bridgehead atoms. The minimum absolute atomic E-state index is 0.0247. The summed E-state index contributed by atoms with van der Waals surface area (Å²) in [5.41, 5.74) is 0. The summed E-state index contributed by atoms with van der Waals surface area (Å²) >= 11 is 1.40. The number of hydrogen-bond acceptors (Lipinski definition) is 4. The Morgan fingerprint density at radius 2 is 1.91 bits per heavy atom. The molecule has 4 heterocycles. The van der Waals surface area contributed by atoms with Gasteiger partial charge >= 0.3 is 0 Å². The zero-order chi connectivity index (χ0) is 15.6. The maximum absolute atomic E-state index is 12.5. The molecule has 1 amide bonds. The molecule has 0 aliphatic carbocycles. The van der Waals surface area contributed by atoms with Gasteiger partial charge in [0.05, 0.1) is 4.88 Å². The topological polar surface area (TPSA) is 41.6 Å². The minimum Gasteiger partial charge on any atom is -0.447 e. The van der Waals surface area contributed by atoms with E-state index < -0.39 is 0 Å². The highest BCUT2D eigenvalue weighted by atomic mass is 32.1. The molecular weight excluding hydrogens is 308 g/mol. The molecule has 0 spiro atoms. The fraction of sp³-hybridized carbons (Fsp3) is 0.389. The minimum atomic E-state index is 0.0247. The maximum atomic E-state index is 12.5. The number of nitrogens with zero attached hydrogens (tertiary/aromatic N) is 1. The van der Waals surface area contributed by atoms with Gasteiger partial charge in [0, 0.05) is 12.6 Å². The van der Waals surface area contributed by atoms with E-state index in [-0.39, 0.29) is 5.91 Å². The quantitative estimate of drug-likeness (QED) is 0.936. The van der Waals surface area contributed by atoms with Gasteiger partial charge in [-0.15, -0.1) is 0 Å². The highest BCUT2D eigenvalue weighted by Gasteiger charge is 2.35. The summed E-state index contributed by atoms with van der Waals surface area (Å²) in [4.78, 5) is 15.6. The van der Waals surface area contributed by atoms with Crippen molar-refractivity contribution in [3.05, 3.63) is 47.3 Å². The third kappa shape index (κ3) is 3.26. The van der Waals surface area contributed by atoms with E-state index in [0.29, 0.717) is 16.8 Å². The van der Waals surface area contributed by atoms with E-state index in [9.17, 15) is 4.79 Å². The third-order valence-electron chi connectivity index (χ3n) is 4.74. The summed E-state index contributed by atoms with van der Waals surface area (Å²) in [6.07, 6.45) is 2.41. The van der Waals surface area contributed by atoms with Crippen molar-refractivity contribution in [2.75, 3.05) is 19.6 Å². The van der Waals surface area contributed by atoms with E-state index in [2.05, 4.69) is 10.2 Å². The molecule has 3 aliphatic heterocycles. The number of rotatable bonds is 4. The van der Waals surface area contributed by atoms with Crippen LogP contribution in [0.15, 0.2) is 42.5 Å². The molecule has 4 nitrogen and oxygen atoms in total. The van der Waals surface area contributed by atoms with Gasteiger partial charge in [-0.25, -0.2) is 0 Å². The van der Waals surface area contributed by atoms with Crippen LogP contribution in [0.3, 0.4) is 0 Å². The van der Waals surface area contributed by atoms with Crippen LogP contribution in [0.1, 0.15) is 22.5 Å². The summed E-state index contributed by atoms with van der Waals surface area (Å²) in [5, 5.41) is 3.96. The van der Waals surface area contributed by atoms with E-state index >= 15 is 0 Å². The Kier molecular flexibility index (Phi) is 4.06. The van der Waals surface area contributed by atoms with Crippen LogP contribution in [-0.4, -0.2) is 36.5 Å². The summed E-state index contributed by atoms with van der Waals surface area (Å²) in [6.45, 7) is 3.37. The van der Waals surface area contributed by atoms with Crippen LogP contribution < -0.4 is 10.1 Å². The van der Waals surface area contributed by atoms with Crippen LogP contribution in [0.4, 0.5) is 0 Å². The largest absolute Gasteiger partial charge is 0.447 e. The van der Waals surface area contributed by atoms with Crippen LogP contribution in [0.25, 0.3) is 0 Å². The van der Waals surface area contributed by atoms with Gasteiger partial charge < -0.3 is 15.0 Å². The molecule has 1 N–H and O–H groups in total. The van der Waals surface area contributed by atoms with Crippen molar-refractivity contribution in [3.8, 4) is 10.8 Å². The van der Waals surface area contributed by atoms with Crippen molar-refractivity contribution >= 4 is 17.2 Å². The number of benzene rings is 1. The zero-order valence-corrected chi connectivity index (χ0v) is 13.7. The van der Waals surface area contributed by atoms with Gasteiger partial charge in [-0.2, -0.15) is 0 Å². The highest BCUT2D eigenvalue weighted by Crippen LogP contribution is 2.31. The number of fused-ring (bicyclic) bond motifs is 3. The van der Waals surface area contributed by atoms with Gasteiger partial charge in [0.1, 0.15) is 5.75 Å². The van der Waals surface area contributed by atoms with Crippen LogP contribution in [-0.2, 0) is 0 Å². The van der Waals surface area contributed by atoms with Crippen molar-refractivity contribution in [2.24, 2.45) is 5.92 Å². The second kappa shape index (κ2) is 6.34. The lowest BCUT2D eigenvalue weighted by molar-refractivity contribution is 0.0622. The SMILES string of the molecule is O=C(NC1CN2CCC1CC2)c1ccc(Oc2ccccc2)s1. The van der Waals surface area contributed by atoms with Gasteiger partial charge in [0.15, 0.2) is 5.06 Å². The molecule has 0 saturated carbocycles. The number of amides is 1. The molecule has 2 aromatic rings. The van der Waals surface area contributed by atoms with Crippen LogP contribution in [0, 0.1) is 5.92 Å². The molecule has 3 aliphatic rings. The fourth-order valence-electron chi connectivity index (χ4n) is 3.47. The third-order valence-corrected chi connectivity index (χ3v) is 5.70. The molecule has 120 valence electrons. The molecule has 3 saturated heterocycles. The van der Waals surface area contributed by atoms with E-state index in [1.807, 2.05) is 42.5 Å². The van der Waals surface area contributed by atoms with Crippen molar-refractivity contribution in [1.82, 2.24) is 10.2 Å². The summed E-state index contributed by atoms with van der Waals surface area (Å²) in [6, 6.07) is 13.6. The van der Waals surface area contributed by atoms with E-state index in [0.717, 1.165) is 17.4 Å². The smallest absolute Gasteiger partial charge is 0.261 e. The van der Waals surface area contributed by atoms with Crippen LogP contribution >= 0.6 is 11.3 Å². The molecule has 1 unspecified atom stereocenters. The number of piperidine rings is 3. The zero-order valence-electron chi connectivity index (χ0n) is 12.9. The second-order valence-electron chi connectivity index (χ2n) is 6.25. The Labute approximate surface area is 140 Å². The van der Waals surface area contributed by atoms with Crippen molar-refractivity contribution in [3.63, 3.8) is 0 Å². The second-order valence-corrected chi connectivity index (χ2v) is 7.30. The predicted octanol–water partition coefficient (Wildman–Crippen LogP) is 3.36. The monoisotopic (exact) mass is 328 g/mol. The molecule has 1 aromatic carbocycles. The number of ether oxygens (including phenoxy) is 1. The van der Waals surface area contributed by atoms with Gasteiger partial charge in [-0.1, -0.05) is 29.5 Å². The molecular formula is C18H20N2O2S. The molecule has 0 radical (unpaired) electrons. The van der Waals surface area contributed by atoms with Crippen LogP contribution in [0.2, 0.25) is 0 Å². The average molecular weight is 328 g/mol. The number of hydrogen-bond donors (Lipinski definition) is 1. The predicted molar refractivity (Wildman–Crippen MR) is 91.3 cm³/mol. The number of thiophene rings is 1. The first-order valence-electron chi connectivity index (χ1n) is 8.14. The number of carbonyl (C=O) groups excluding carboxylic acids is 1. The van der Waals surface area contributed by atoms with E-state index in [1.54, 1.807) is 0 Å². The molecule has 5 heteroatoms. The van der Waals surface area contributed by atoms with Gasteiger partial charge in [-0.05, 0) is 56.1 Å². The lowest BCUT2D eigenvalue weighted by Crippen LogP contribution is -2.57. The van der Waals surface area contributed by atoms with Crippen molar-refractivity contribution in [2.45, 2.75) is 18.9 Å². The highest BCUT2D eigenvalue weighted by molar-refractivity contribution is 7.15. The normalized spacial score (nSPS) is 26.0. The average Bonchev–Trinajstić information content (AvgIpc) is 3.05. The first-order valence-corrected chi connectivity index (χ1v) is 8.95. The Balaban J connectivity index is 1.39. The lowest BCUT2D eigenvalue weighted by atomic mass is 9.84. The number of para-hydroxylation sites is 1. The maximum Gasteiger partial charge on any atom is 0.261 e. The molecule has 23 heavy (non-hydrogen) atoms. The standard InChI is InChI=1S/C18H20N2O2S/c21-18(19-15-12-20-10-8-13(15)9-11-20)16-6-7-17(23-16)22-14-4-2-1-3-5-14/h1-7,13,15H,8-12H2,(H,19,21). The molecule has 3 fully saturated rings. The van der Waals surface area contributed by atoms with E-state index in [4.69, 9.17) is 4.74 Å². The van der Waals surface area contributed by atoms with Gasteiger partial charge in [0.25, 0.3) is 5.91 Å². The first kappa shape index (κ1) is 14.7. The summed E-state index contributed by atoms with van der Waals surface area (Å²) in [5.74, 6) is 1.46. The Bertz CT molecular complexity index is 677. The fourth-order valence-corrected chi connectivity index (χ4v) is 4.25. The lowest BCUT2D eigenvalue weighted by Gasteiger charge is -2.44. The molecule has 1 aromatic heterocycles. The van der Waals surface area contributed by atoms with Crippen molar-refractivity contribution < 1.29 is 9.53 Å². The molecule has 5 rings (SSSR count). The Hall–Kier alpha value is -1.85. The first-order chi connectivity index (χ1) is 11.3.